The second-order valence-corrected chi connectivity index (χ2v) is 8.73. The number of sulfonamides is 1. The number of nitrogens with one attached hydrogen (secondary N) is 2. The van der Waals surface area contributed by atoms with Gasteiger partial charge in [-0.05, 0) is 49.2 Å². The maximum Gasteiger partial charge on any atom is 0.270 e. The molecular formula is C21H19N5O6S. The predicted molar refractivity (Wildman–Crippen MR) is 124 cm³/mol. The van der Waals surface area contributed by atoms with Crippen molar-refractivity contribution in [2.75, 3.05) is 10.1 Å². The van der Waals surface area contributed by atoms with Crippen molar-refractivity contribution in [3.05, 3.63) is 97.6 Å². The second-order valence-electron chi connectivity index (χ2n) is 7.08. The van der Waals surface area contributed by atoms with Crippen LogP contribution >= 0.6 is 0 Å². The van der Waals surface area contributed by atoms with Crippen LogP contribution in [0.25, 0.3) is 0 Å². The molecule has 3 aromatic rings. The maximum atomic E-state index is 13.1. The Morgan fingerprint density at radius 2 is 1.45 bits per heavy atom. The third-order valence-electron chi connectivity index (χ3n) is 4.59. The van der Waals surface area contributed by atoms with Crippen LogP contribution in [-0.2, 0) is 10.0 Å². The van der Waals surface area contributed by atoms with Gasteiger partial charge in [-0.2, -0.15) is 5.10 Å². The molecule has 12 heteroatoms. The largest absolute Gasteiger partial charge is 0.279 e. The Hall–Kier alpha value is -4.32. The van der Waals surface area contributed by atoms with Gasteiger partial charge in [0.1, 0.15) is 4.90 Å². The summed E-state index contributed by atoms with van der Waals surface area (Å²) in [7, 11) is -4.21. The minimum absolute atomic E-state index is 0.0102. The predicted octanol–water partition coefficient (Wildman–Crippen LogP) is 4.37. The fourth-order valence-electron chi connectivity index (χ4n) is 2.93. The summed E-state index contributed by atoms with van der Waals surface area (Å²) >= 11 is 0. The zero-order valence-corrected chi connectivity index (χ0v) is 18.4. The van der Waals surface area contributed by atoms with Crippen LogP contribution in [-0.4, -0.2) is 24.5 Å². The lowest BCUT2D eigenvalue weighted by Gasteiger charge is -2.14. The average molecular weight is 469 g/mol. The van der Waals surface area contributed by atoms with Crippen molar-refractivity contribution >= 4 is 39.0 Å². The molecule has 0 spiro atoms. The van der Waals surface area contributed by atoms with E-state index in [9.17, 15) is 28.6 Å². The molecule has 0 aliphatic rings. The zero-order valence-electron chi connectivity index (χ0n) is 17.6. The highest BCUT2D eigenvalue weighted by Gasteiger charge is 2.23. The monoisotopic (exact) mass is 469 g/mol. The number of hydrogen-bond acceptors (Lipinski definition) is 8. The maximum absolute atomic E-state index is 13.1. The molecule has 0 saturated carbocycles. The SMILES string of the molecule is Cc1ccc(NS(=O)(=O)c2cc([N+](=O)[O-])ccc2NN=Cc2ccc([N+](=O)[O-])cc2)c(C)c1. The van der Waals surface area contributed by atoms with E-state index in [2.05, 4.69) is 15.2 Å². The van der Waals surface area contributed by atoms with E-state index in [1.807, 2.05) is 6.92 Å². The normalized spacial score (nSPS) is 11.3. The lowest BCUT2D eigenvalue weighted by Crippen LogP contribution is -2.16. The first-order valence-corrected chi connectivity index (χ1v) is 11.0. The van der Waals surface area contributed by atoms with Gasteiger partial charge in [-0.15, -0.1) is 0 Å². The summed E-state index contributed by atoms with van der Waals surface area (Å²) in [5.74, 6) is 0. The standard InChI is InChI=1S/C21H19N5O6S/c1-14-3-9-19(15(2)11-14)24-33(31,32)21-12-18(26(29)30)8-10-20(21)23-22-13-16-4-6-17(7-5-16)25(27)28/h3-13,23-24H,1-2H3. The molecule has 0 fully saturated rings. The lowest BCUT2D eigenvalue weighted by molar-refractivity contribution is -0.385. The highest BCUT2D eigenvalue weighted by Crippen LogP contribution is 2.29. The van der Waals surface area contributed by atoms with Crippen LogP contribution in [0.2, 0.25) is 0 Å². The topological polar surface area (TPSA) is 157 Å². The molecule has 0 atom stereocenters. The number of benzene rings is 3. The van der Waals surface area contributed by atoms with Crippen molar-refractivity contribution < 1.29 is 18.3 Å². The Morgan fingerprint density at radius 3 is 2.06 bits per heavy atom. The number of aryl methyl sites for hydroxylation is 2. The molecule has 0 radical (unpaired) electrons. The summed E-state index contributed by atoms with van der Waals surface area (Å²) in [5, 5.41) is 25.9. The Kier molecular flexibility index (Phi) is 6.68. The Morgan fingerprint density at radius 1 is 0.848 bits per heavy atom. The molecule has 2 N–H and O–H groups in total. The quantitative estimate of drug-likeness (QED) is 0.282. The number of rotatable bonds is 8. The minimum Gasteiger partial charge on any atom is -0.279 e. The van der Waals surface area contributed by atoms with Crippen LogP contribution in [0.1, 0.15) is 16.7 Å². The number of nitro benzene ring substituents is 2. The summed E-state index contributed by atoms with van der Waals surface area (Å²) in [6.45, 7) is 3.61. The van der Waals surface area contributed by atoms with Crippen molar-refractivity contribution in [1.29, 1.82) is 0 Å². The van der Waals surface area contributed by atoms with E-state index < -0.39 is 25.6 Å². The fraction of sp³-hybridized carbons (Fsp3) is 0.0952. The van der Waals surface area contributed by atoms with Crippen LogP contribution in [0.3, 0.4) is 0 Å². The summed E-state index contributed by atoms with van der Waals surface area (Å²) in [5.41, 5.74) is 4.60. The fourth-order valence-corrected chi connectivity index (χ4v) is 4.23. The third-order valence-corrected chi connectivity index (χ3v) is 6.00. The van der Waals surface area contributed by atoms with Gasteiger partial charge >= 0.3 is 0 Å². The minimum atomic E-state index is -4.21. The van der Waals surface area contributed by atoms with Crippen molar-refractivity contribution in [1.82, 2.24) is 0 Å². The van der Waals surface area contributed by atoms with E-state index in [1.54, 1.807) is 25.1 Å². The number of hydrazone groups is 1. The highest BCUT2D eigenvalue weighted by atomic mass is 32.2. The first kappa shape index (κ1) is 23.3. The molecule has 0 unspecified atom stereocenters. The molecule has 0 aromatic heterocycles. The first-order chi connectivity index (χ1) is 15.6. The molecule has 33 heavy (non-hydrogen) atoms. The summed E-state index contributed by atoms with van der Waals surface area (Å²) < 4.78 is 28.6. The van der Waals surface area contributed by atoms with E-state index >= 15 is 0 Å². The Balaban J connectivity index is 1.92. The summed E-state index contributed by atoms with van der Waals surface area (Å²) in [6, 6.07) is 14.0. The summed E-state index contributed by atoms with van der Waals surface area (Å²) in [4.78, 5) is 20.4. The van der Waals surface area contributed by atoms with Gasteiger partial charge in [0, 0.05) is 24.3 Å². The molecule has 0 aliphatic carbocycles. The van der Waals surface area contributed by atoms with Gasteiger partial charge in [0.2, 0.25) is 0 Å². The average Bonchev–Trinajstić information content (AvgIpc) is 2.76. The second kappa shape index (κ2) is 9.44. The molecule has 0 aliphatic heterocycles. The van der Waals surface area contributed by atoms with E-state index in [-0.39, 0.29) is 16.3 Å². The van der Waals surface area contributed by atoms with Gasteiger partial charge in [0.15, 0.2) is 0 Å². The van der Waals surface area contributed by atoms with Crippen LogP contribution < -0.4 is 10.1 Å². The van der Waals surface area contributed by atoms with E-state index in [0.717, 1.165) is 17.7 Å². The van der Waals surface area contributed by atoms with E-state index in [0.29, 0.717) is 16.8 Å². The van der Waals surface area contributed by atoms with Crippen LogP contribution in [0.15, 0.2) is 70.7 Å². The molecule has 0 heterocycles. The van der Waals surface area contributed by atoms with Gasteiger partial charge in [0.25, 0.3) is 21.4 Å². The van der Waals surface area contributed by atoms with Gasteiger partial charge in [-0.1, -0.05) is 17.7 Å². The number of hydrogen-bond donors (Lipinski definition) is 2. The first-order valence-electron chi connectivity index (χ1n) is 9.49. The van der Waals surface area contributed by atoms with Crippen molar-refractivity contribution in [2.24, 2.45) is 5.10 Å². The van der Waals surface area contributed by atoms with E-state index in [1.165, 1.54) is 36.5 Å². The molecule has 0 amide bonds. The van der Waals surface area contributed by atoms with Gasteiger partial charge < -0.3 is 0 Å². The Bertz CT molecular complexity index is 1350. The number of anilines is 2. The molecule has 0 saturated heterocycles. The smallest absolute Gasteiger partial charge is 0.270 e. The molecule has 0 bridgehead atoms. The van der Waals surface area contributed by atoms with Gasteiger partial charge in [0.05, 0.1) is 27.4 Å². The summed E-state index contributed by atoms with van der Waals surface area (Å²) in [6.07, 6.45) is 1.33. The third kappa shape index (κ3) is 5.68. The number of nitro groups is 2. The molecular weight excluding hydrogens is 450 g/mol. The lowest BCUT2D eigenvalue weighted by atomic mass is 10.1. The van der Waals surface area contributed by atoms with Crippen LogP contribution in [0, 0.1) is 34.1 Å². The van der Waals surface area contributed by atoms with Gasteiger partial charge in [-0.25, -0.2) is 8.42 Å². The van der Waals surface area contributed by atoms with Crippen molar-refractivity contribution in [3.63, 3.8) is 0 Å². The van der Waals surface area contributed by atoms with Gasteiger partial charge in [-0.3, -0.25) is 30.4 Å². The van der Waals surface area contributed by atoms with Crippen molar-refractivity contribution in [2.45, 2.75) is 18.7 Å². The molecule has 170 valence electrons. The van der Waals surface area contributed by atoms with Crippen molar-refractivity contribution in [3.8, 4) is 0 Å². The Labute approximate surface area is 189 Å². The van der Waals surface area contributed by atoms with E-state index in [4.69, 9.17) is 0 Å². The van der Waals surface area contributed by atoms with Crippen LogP contribution in [0.5, 0.6) is 0 Å². The molecule has 3 rings (SSSR count). The number of nitrogens with zero attached hydrogens (tertiary/aromatic N) is 3. The highest BCUT2D eigenvalue weighted by molar-refractivity contribution is 7.92. The molecule has 3 aromatic carbocycles. The number of non-ortho nitro benzene ring substituents is 2. The molecule has 11 nitrogen and oxygen atoms in total. The zero-order chi connectivity index (χ0) is 24.2. The van der Waals surface area contributed by atoms with Crippen LogP contribution in [0.4, 0.5) is 22.7 Å².